The molecule has 1 saturated heterocycles. The standard InChI is InChI=1S/C13H19N3O3S/c1-20(18,19)11-6-2-5-10(12(11)14)16-7-3-4-9(8-16)13(15)17/h2,5-6,9H,3-4,7-8,14H2,1H3,(H2,15,17). The van der Waals surface area contributed by atoms with Gasteiger partial charge < -0.3 is 16.4 Å². The molecule has 1 aliphatic rings. The minimum Gasteiger partial charge on any atom is -0.396 e. The third-order valence-corrected chi connectivity index (χ3v) is 4.76. The largest absolute Gasteiger partial charge is 0.396 e. The predicted octanol–water partition coefficient (Wildman–Crippen LogP) is 0.374. The quantitative estimate of drug-likeness (QED) is 0.784. The van der Waals surface area contributed by atoms with Crippen LogP contribution >= 0.6 is 0 Å². The van der Waals surface area contributed by atoms with E-state index < -0.39 is 9.84 Å². The van der Waals surface area contributed by atoms with Gasteiger partial charge in [-0.05, 0) is 25.0 Å². The van der Waals surface area contributed by atoms with E-state index in [0.717, 1.165) is 25.6 Å². The molecular formula is C13H19N3O3S. The smallest absolute Gasteiger partial charge is 0.222 e. The molecule has 0 bridgehead atoms. The van der Waals surface area contributed by atoms with Crippen LogP contribution in [0.2, 0.25) is 0 Å². The molecule has 1 aliphatic heterocycles. The normalized spacial score (nSPS) is 19.9. The molecule has 0 spiro atoms. The van der Waals surface area contributed by atoms with E-state index in [9.17, 15) is 13.2 Å². The van der Waals surface area contributed by atoms with Gasteiger partial charge in [0.05, 0.1) is 22.2 Å². The van der Waals surface area contributed by atoms with Crippen LogP contribution in [0.25, 0.3) is 0 Å². The predicted molar refractivity (Wildman–Crippen MR) is 78.1 cm³/mol. The van der Waals surface area contributed by atoms with E-state index >= 15 is 0 Å². The maximum atomic E-state index is 11.7. The fraction of sp³-hybridized carbons (Fsp3) is 0.462. The van der Waals surface area contributed by atoms with Crippen molar-refractivity contribution in [3.05, 3.63) is 18.2 Å². The van der Waals surface area contributed by atoms with Gasteiger partial charge >= 0.3 is 0 Å². The van der Waals surface area contributed by atoms with Crippen LogP contribution in [0.3, 0.4) is 0 Å². The number of hydrogen-bond donors (Lipinski definition) is 2. The number of piperidine rings is 1. The summed E-state index contributed by atoms with van der Waals surface area (Å²) in [7, 11) is -3.37. The van der Waals surface area contributed by atoms with Crippen LogP contribution in [-0.2, 0) is 14.6 Å². The average molecular weight is 297 g/mol. The van der Waals surface area contributed by atoms with Crippen molar-refractivity contribution in [1.29, 1.82) is 0 Å². The zero-order valence-electron chi connectivity index (χ0n) is 11.4. The number of amides is 1. The zero-order chi connectivity index (χ0) is 14.9. The monoisotopic (exact) mass is 297 g/mol. The van der Waals surface area contributed by atoms with Gasteiger partial charge in [-0.25, -0.2) is 8.42 Å². The number of carbonyl (C=O) groups excluding carboxylic acids is 1. The molecule has 1 aromatic rings. The number of nitrogens with zero attached hydrogens (tertiary/aromatic N) is 1. The highest BCUT2D eigenvalue weighted by molar-refractivity contribution is 7.90. The number of nitrogens with two attached hydrogens (primary N) is 2. The van der Waals surface area contributed by atoms with E-state index in [2.05, 4.69) is 0 Å². The minimum atomic E-state index is -3.37. The first-order chi connectivity index (χ1) is 9.30. The lowest BCUT2D eigenvalue weighted by Crippen LogP contribution is -2.41. The van der Waals surface area contributed by atoms with Crippen LogP contribution in [0.15, 0.2) is 23.1 Å². The second-order valence-corrected chi connectivity index (χ2v) is 7.13. The number of carbonyl (C=O) groups is 1. The number of anilines is 2. The molecule has 0 aliphatic carbocycles. The average Bonchev–Trinajstić information content (AvgIpc) is 2.37. The first-order valence-corrected chi connectivity index (χ1v) is 8.32. The van der Waals surface area contributed by atoms with Gasteiger partial charge in [0.2, 0.25) is 5.91 Å². The molecule has 0 aromatic heterocycles. The van der Waals surface area contributed by atoms with E-state index in [1.165, 1.54) is 6.07 Å². The molecule has 1 fully saturated rings. The Labute approximate surface area is 118 Å². The first kappa shape index (κ1) is 14.6. The number of para-hydroxylation sites is 1. The van der Waals surface area contributed by atoms with Crippen molar-refractivity contribution in [2.45, 2.75) is 17.7 Å². The van der Waals surface area contributed by atoms with E-state index in [1.807, 2.05) is 4.90 Å². The van der Waals surface area contributed by atoms with Gasteiger partial charge in [0, 0.05) is 19.3 Å². The molecule has 1 unspecified atom stereocenters. The molecule has 1 amide bonds. The molecule has 7 heteroatoms. The number of rotatable bonds is 3. The summed E-state index contributed by atoms with van der Waals surface area (Å²) >= 11 is 0. The Morgan fingerprint density at radius 3 is 2.70 bits per heavy atom. The van der Waals surface area contributed by atoms with Crippen molar-refractivity contribution in [3.8, 4) is 0 Å². The lowest BCUT2D eigenvalue weighted by Gasteiger charge is -2.34. The van der Waals surface area contributed by atoms with Gasteiger partial charge in [0.15, 0.2) is 9.84 Å². The van der Waals surface area contributed by atoms with Crippen molar-refractivity contribution >= 4 is 27.1 Å². The fourth-order valence-corrected chi connectivity index (χ4v) is 3.39. The Morgan fingerprint density at radius 2 is 2.10 bits per heavy atom. The Kier molecular flexibility index (Phi) is 3.89. The van der Waals surface area contributed by atoms with Crippen LogP contribution in [0.5, 0.6) is 0 Å². The molecule has 1 atom stereocenters. The van der Waals surface area contributed by atoms with Crippen molar-refractivity contribution in [2.24, 2.45) is 11.7 Å². The van der Waals surface area contributed by atoms with Gasteiger partial charge in [0.25, 0.3) is 0 Å². The first-order valence-electron chi connectivity index (χ1n) is 6.43. The number of nitrogen functional groups attached to an aromatic ring is 1. The zero-order valence-corrected chi connectivity index (χ0v) is 12.2. The summed E-state index contributed by atoms with van der Waals surface area (Å²) in [6.07, 6.45) is 2.72. The fourth-order valence-electron chi connectivity index (χ4n) is 2.56. The van der Waals surface area contributed by atoms with Crippen LogP contribution in [0, 0.1) is 5.92 Å². The lowest BCUT2D eigenvalue weighted by molar-refractivity contribution is -0.122. The van der Waals surface area contributed by atoms with Gasteiger partial charge in [-0.15, -0.1) is 0 Å². The van der Waals surface area contributed by atoms with E-state index in [4.69, 9.17) is 11.5 Å². The number of hydrogen-bond acceptors (Lipinski definition) is 5. The summed E-state index contributed by atoms with van der Waals surface area (Å²) in [5, 5.41) is 0. The molecule has 110 valence electrons. The van der Waals surface area contributed by atoms with Crippen LogP contribution in [0.4, 0.5) is 11.4 Å². The summed E-state index contributed by atoms with van der Waals surface area (Å²) in [4.78, 5) is 13.4. The van der Waals surface area contributed by atoms with Gasteiger partial charge in [-0.1, -0.05) is 6.07 Å². The minimum absolute atomic E-state index is 0.121. The lowest BCUT2D eigenvalue weighted by atomic mass is 9.97. The highest BCUT2D eigenvalue weighted by Gasteiger charge is 2.26. The SMILES string of the molecule is CS(=O)(=O)c1cccc(N2CCCC(C(N)=O)C2)c1N. The van der Waals surface area contributed by atoms with E-state index in [1.54, 1.807) is 12.1 Å². The molecule has 0 radical (unpaired) electrons. The molecule has 6 nitrogen and oxygen atoms in total. The van der Waals surface area contributed by atoms with Crippen molar-refractivity contribution < 1.29 is 13.2 Å². The molecule has 4 N–H and O–H groups in total. The van der Waals surface area contributed by atoms with E-state index in [0.29, 0.717) is 12.2 Å². The highest BCUT2D eigenvalue weighted by Crippen LogP contribution is 2.32. The van der Waals surface area contributed by atoms with Crippen molar-refractivity contribution in [1.82, 2.24) is 0 Å². The van der Waals surface area contributed by atoms with E-state index in [-0.39, 0.29) is 22.4 Å². The molecular weight excluding hydrogens is 278 g/mol. The maximum Gasteiger partial charge on any atom is 0.222 e. The Hall–Kier alpha value is -1.76. The highest BCUT2D eigenvalue weighted by atomic mass is 32.2. The van der Waals surface area contributed by atoms with Crippen LogP contribution in [0.1, 0.15) is 12.8 Å². The Bertz CT molecular complexity index is 628. The van der Waals surface area contributed by atoms with Crippen molar-refractivity contribution in [3.63, 3.8) is 0 Å². The third-order valence-electron chi connectivity index (χ3n) is 3.61. The topological polar surface area (TPSA) is 106 Å². The van der Waals surface area contributed by atoms with Crippen LogP contribution < -0.4 is 16.4 Å². The summed E-state index contributed by atoms with van der Waals surface area (Å²) in [6, 6.07) is 4.92. The second-order valence-electron chi connectivity index (χ2n) is 5.15. The molecule has 1 aromatic carbocycles. The second kappa shape index (κ2) is 5.32. The van der Waals surface area contributed by atoms with Crippen molar-refractivity contribution in [2.75, 3.05) is 30.0 Å². The summed E-state index contributed by atoms with van der Waals surface area (Å²) in [5.41, 5.74) is 12.2. The van der Waals surface area contributed by atoms with Gasteiger partial charge in [-0.2, -0.15) is 0 Å². The maximum absolute atomic E-state index is 11.7. The Morgan fingerprint density at radius 1 is 1.40 bits per heavy atom. The summed E-state index contributed by atoms with van der Waals surface area (Å²) < 4.78 is 23.4. The number of benzene rings is 1. The van der Waals surface area contributed by atoms with Gasteiger partial charge in [0.1, 0.15) is 0 Å². The summed E-state index contributed by atoms with van der Waals surface area (Å²) in [6.45, 7) is 1.22. The van der Waals surface area contributed by atoms with Crippen LogP contribution in [-0.4, -0.2) is 33.7 Å². The molecule has 2 rings (SSSR count). The Balaban J connectivity index is 2.36. The number of sulfone groups is 1. The summed E-state index contributed by atoms with van der Waals surface area (Å²) in [5.74, 6) is -0.544. The number of primary amides is 1. The molecule has 20 heavy (non-hydrogen) atoms. The third kappa shape index (κ3) is 2.87. The molecule has 1 heterocycles. The molecule has 0 saturated carbocycles. The van der Waals surface area contributed by atoms with Gasteiger partial charge in [-0.3, -0.25) is 4.79 Å².